The molecule has 1 aromatic carbocycles. The standard InChI is InChI=1S/C10H9ClO/c11-7-1-2-9-3-5-10(8-12)6-4-9/h1-6,8H,7H2. The third-order valence-corrected chi connectivity index (χ3v) is 1.65. The molecule has 0 aliphatic rings. The minimum Gasteiger partial charge on any atom is -0.298 e. The summed E-state index contributed by atoms with van der Waals surface area (Å²) in [5, 5.41) is 0. The molecule has 0 bridgehead atoms. The van der Waals surface area contributed by atoms with E-state index in [-0.39, 0.29) is 0 Å². The Morgan fingerprint density at radius 3 is 2.25 bits per heavy atom. The molecule has 0 unspecified atom stereocenters. The van der Waals surface area contributed by atoms with Gasteiger partial charge < -0.3 is 0 Å². The number of allylic oxidation sites excluding steroid dienone is 1. The van der Waals surface area contributed by atoms with E-state index in [1.54, 1.807) is 12.1 Å². The maximum absolute atomic E-state index is 10.3. The molecule has 12 heavy (non-hydrogen) atoms. The van der Waals surface area contributed by atoms with Crippen LogP contribution >= 0.6 is 11.6 Å². The Kier molecular flexibility index (Phi) is 3.55. The van der Waals surface area contributed by atoms with Gasteiger partial charge in [0.1, 0.15) is 6.29 Å². The van der Waals surface area contributed by atoms with Crippen molar-refractivity contribution < 1.29 is 4.79 Å². The number of aldehydes is 1. The van der Waals surface area contributed by atoms with Crippen molar-refractivity contribution in [1.82, 2.24) is 0 Å². The fourth-order valence-electron chi connectivity index (χ4n) is 0.866. The second-order valence-electron chi connectivity index (χ2n) is 2.34. The van der Waals surface area contributed by atoms with Gasteiger partial charge in [0.05, 0.1) is 0 Å². The van der Waals surface area contributed by atoms with Gasteiger partial charge in [0.2, 0.25) is 0 Å². The summed E-state index contributed by atoms with van der Waals surface area (Å²) in [6.07, 6.45) is 4.61. The molecular weight excluding hydrogens is 172 g/mol. The third kappa shape index (κ3) is 2.51. The molecule has 1 rings (SSSR count). The Morgan fingerprint density at radius 2 is 1.75 bits per heavy atom. The van der Waals surface area contributed by atoms with Crippen molar-refractivity contribution in [3.8, 4) is 0 Å². The van der Waals surface area contributed by atoms with E-state index in [2.05, 4.69) is 0 Å². The topological polar surface area (TPSA) is 17.1 Å². The highest BCUT2D eigenvalue weighted by atomic mass is 35.5. The number of benzene rings is 1. The summed E-state index contributed by atoms with van der Waals surface area (Å²) in [6.45, 7) is 0. The fourth-order valence-corrected chi connectivity index (χ4v) is 0.955. The first-order valence-electron chi connectivity index (χ1n) is 3.64. The second kappa shape index (κ2) is 4.73. The zero-order valence-electron chi connectivity index (χ0n) is 6.53. The van der Waals surface area contributed by atoms with Crippen molar-refractivity contribution in [2.75, 3.05) is 5.88 Å². The molecule has 0 aliphatic heterocycles. The van der Waals surface area contributed by atoms with Crippen LogP contribution in [0.3, 0.4) is 0 Å². The first-order valence-corrected chi connectivity index (χ1v) is 4.18. The Hall–Kier alpha value is -1.08. The van der Waals surface area contributed by atoms with Gasteiger partial charge in [0.15, 0.2) is 0 Å². The predicted octanol–water partition coefficient (Wildman–Crippen LogP) is 2.75. The molecule has 0 aromatic heterocycles. The lowest BCUT2D eigenvalue weighted by Gasteiger charge is -1.92. The van der Waals surface area contributed by atoms with Gasteiger partial charge in [-0.25, -0.2) is 0 Å². The third-order valence-electron chi connectivity index (χ3n) is 1.47. The average molecular weight is 181 g/mol. The second-order valence-corrected chi connectivity index (χ2v) is 2.65. The van der Waals surface area contributed by atoms with Crippen LogP contribution in [0.2, 0.25) is 0 Å². The van der Waals surface area contributed by atoms with Gasteiger partial charge in [-0.2, -0.15) is 0 Å². The molecule has 2 heteroatoms. The van der Waals surface area contributed by atoms with E-state index in [0.717, 1.165) is 11.8 Å². The molecule has 0 heterocycles. The van der Waals surface area contributed by atoms with Crippen LogP contribution in [0.1, 0.15) is 15.9 Å². The number of halogens is 1. The van der Waals surface area contributed by atoms with E-state index in [4.69, 9.17) is 11.6 Å². The molecule has 0 atom stereocenters. The fraction of sp³-hybridized carbons (Fsp3) is 0.100. The molecule has 1 nitrogen and oxygen atoms in total. The molecule has 0 amide bonds. The highest BCUT2D eigenvalue weighted by Crippen LogP contribution is 2.04. The smallest absolute Gasteiger partial charge is 0.150 e. The summed E-state index contributed by atoms with van der Waals surface area (Å²) in [5.74, 6) is 0.509. The van der Waals surface area contributed by atoms with Crippen LogP contribution in [0, 0.1) is 0 Å². The first-order chi connectivity index (χ1) is 5.86. The summed E-state index contributed by atoms with van der Waals surface area (Å²) in [4.78, 5) is 10.3. The van der Waals surface area contributed by atoms with Gasteiger partial charge in [-0.05, 0) is 5.56 Å². The van der Waals surface area contributed by atoms with E-state index in [0.29, 0.717) is 11.4 Å². The summed E-state index contributed by atoms with van der Waals surface area (Å²) < 4.78 is 0. The quantitative estimate of drug-likeness (QED) is 0.517. The molecular formula is C10H9ClO. The van der Waals surface area contributed by atoms with Gasteiger partial charge in [-0.1, -0.05) is 36.4 Å². The number of carbonyl (C=O) groups excluding carboxylic acids is 1. The minimum atomic E-state index is 0.509. The van der Waals surface area contributed by atoms with Crippen LogP contribution in [0.15, 0.2) is 30.3 Å². The molecule has 0 spiro atoms. The van der Waals surface area contributed by atoms with Gasteiger partial charge in [-0.15, -0.1) is 11.6 Å². The van der Waals surface area contributed by atoms with Crippen molar-refractivity contribution in [3.05, 3.63) is 41.5 Å². The number of hydrogen-bond acceptors (Lipinski definition) is 1. The maximum atomic E-state index is 10.3. The van der Waals surface area contributed by atoms with Gasteiger partial charge in [-0.3, -0.25) is 4.79 Å². The Bertz CT molecular complexity index is 274. The highest BCUT2D eigenvalue weighted by Gasteiger charge is 1.88. The molecule has 62 valence electrons. The minimum absolute atomic E-state index is 0.509. The van der Waals surface area contributed by atoms with Crippen LogP contribution in [0.25, 0.3) is 6.08 Å². The lowest BCUT2D eigenvalue weighted by molar-refractivity contribution is 0.112. The van der Waals surface area contributed by atoms with Gasteiger partial charge in [0.25, 0.3) is 0 Å². The van der Waals surface area contributed by atoms with Gasteiger partial charge >= 0.3 is 0 Å². The molecule has 0 saturated carbocycles. The summed E-state index contributed by atoms with van der Waals surface area (Å²) in [5.41, 5.74) is 1.75. The average Bonchev–Trinajstić information content (AvgIpc) is 2.15. The molecule has 0 saturated heterocycles. The first kappa shape index (κ1) is 9.01. The van der Waals surface area contributed by atoms with Crippen molar-refractivity contribution in [2.45, 2.75) is 0 Å². The maximum Gasteiger partial charge on any atom is 0.150 e. The van der Waals surface area contributed by atoms with Crippen molar-refractivity contribution in [2.24, 2.45) is 0 Å². The summed E-state index contributed by atoms with van der Waals surface area (Å²) >= 11 is 5.47. The predicted molar refractivity (Wildman–Crippen MR) is 51.6 cm³/mol. The number of hydrogen-bond donors (Lipinski definition) is 0. The van der Waals surface area contributed by atoms with Crippen molar-refractivity contribution >= 4 is 24.0 Å². The Labute approximate surface area is 76.7 Å². The summed E-state index contributed by atoms with van der Waals surface area (Å²) in [6, 6.07) is 7.32. The van der Waals surface area contributed by atoms with Crippen LogP contribution in [0.5, 0.6) is 0 Å². The van der Waals surface area contributed by atoms with E-state index < -0.39 is 0 Å². The monoisotopic (exact) mass is 180 g/mol. The number of carbonyl (C=O) groups is 1. The number of alkyl halides is 1. The summed E-state index contributed by atoms with van der Waals surface area (Å²) in [7, 11) is 0. The molecule has 0 aliphatic carbocycles. The zero-order valence-corrected chi connectivity index (χ0v) is 7.29. The van der Waals surface area contributed by atoms with Crippen LogP contribution < -0.4 is 0 Å². The Morgan fingerprint density at radius 1 is 1.17 bits per heavy atom. The molecule has 0 N–H and O–H groups in total. The lowest BCUT2D eigenvalue weighted by atomic mass is 10.1. The molecule has 0 fully saturated rings. The van der Waals surface area contributed by atoms with E-state index >= 15 is 0 Å². The van der Waals surface area contributed by atoms with Crippen molar-refractivity contribution in [3.63, 3.8) is 0 Å². The van der Waals surface area contributed by atoms with Crippen LogP contribution in [0.4, 0.5) is 0 Å². The highest BCUT2D eigenvalue weighted by molar-refractivity contribution is 6.19. The molecule has 0 radical (unpaired) electrons. The van der Waals surface area contributed by atoms with Crippen molar-refractivity contribution in [1.29, 1.82) is 0 Å². The largest absolute Gasteiger partial charge is 0.298 e. The van der Waals surface area contributed by atoms with Gasteiger partial charge in [0, 0.05) is 11.4 Å². The van der Waals surface area contributed by atoms with E-state index in [9.17, 15) is 4.79 Å². The van der Waals surface area contributed by atoms with Crippen LogP contribution in [-0.2, 0) is 0 Å². The Balaban J connectivity index is 2.77. The number of rotatable bonds is 3. The SMILES string of the molecule is O=Cc1ccc(C=CCCl)cc1. The van der Waals surface area contributed by atoms with E-state index in [1.165, 1.54) is 0 Å². The zero-order chi connectivity index (χ0) is 8.81. The molecule has 1 aromatic rings. The lowest BCUT2D eigenvalue weighted by Crippen LogP contribution is -1.78. The van der Waals surface area contributed by atoms with E-state index in [1.807, 2.05) is 24.3 Å². The normalized spacial score (nSPS) is 10.4. The van der Waals surface area contributed by atoms with Crippen LogP contribution in [-0.4, -0.2) is 12.2 Å².